The molecule has 1 aliphatic rings. The smallest absolute Gasteiger partial charge is 0.326 e. The number of halogens is 1. The van der Waals surface area contributed by atoms with Gasteiger partial charge in [-0.15, -0.1) is 12.4 Å². The van der Waals surface area contributed by atoms with E-state index < -0.39 is 0 Å². The van der Waals surface area contributed by atoms with Gasteiger partial charge < -0.3 is 9.88 Å². The van der Waals surface area contributed by atoms with Crippen LogP contribution < -0.4 is 10.6 Å². The van der Waals surface area contributed by atoms with Gasteiger partial charge in [0.15, 0.2) is 0 Å². The van der Waals surface area contributed by atoms with E-state index in [-0.39, 0.29) is 18.1 Å². The predicted molar refractivity (Wildman–Crippen MR) is 94.6 cm³/mol. The molecular weight excluding hydrogens is 314 g/mol. The number of nitrogens with zero attached hydrogens (tertiary/aromatic N) is 4. The average Bonchev–Trinajstić information content (AvgIpc) is 2.87. The third-order valence-corrected chi connectivity index (χ3v) is 4.48. The van der Waals surface area contributed by atoms with Crippen LogP contribution in [0.15, 0.2) is 23.3 Å². The van der Waals surface area contributed by atoms with E-state index in [9.17, 15) is 4.79 Å². The van der Waals surface area contributed by atoms with E-state index in [1.807, 2.05) is 19.1 Å². The second-order valence-corrected chi connectivity index (χ2v) is 5.81. The first-order valence-corrected chi connectivity index (χ1v) is 7.90. The highest BCUT2D eigenvalue weighted by Crippen LogP contribution is 2.28. The number of hydrogen-bond acceptors (Lipinski definition) is 4. The van der Waals surface area contributed by atoms with Crippen LogP contribution in [0.5, 0.6) is 0 Å². The van der Waals surface area contributed by atoms with E-state index >= 15 is 0 Å². The first kappa shape index (κ1) is 15.8. The minimum atomic E-state index is -0.0692. The van der Waals surface area contributed by atoms with Crippen molar-refractivity contribution < 1.29 is 0 Å². The number of fused-ring (bicyclic) bond motifs is 2. The topological polar surface area (TPSA) is 66.8 Å². The van der Waals surface area contributed by atoms with E-state index in [0.29, 0.717) is 6.54 Å². The minimum absolute atomic E-state index is 0. The Hall–Kier alpha value is -2.08. The third kappa shape index (κ3) is 2.57. The van der Waals surface area contributed by atoms with Gasteiger partial charge in [0.25, 0.3) is 0 Å². The quantitative estimate of drug-likeness (QED) is 0.783. The van der Waals surface area contributed by atoms with Gasteiger partial charge in [-0.05, 0) is 38.3 Å². The lowest BCUT2D eigenvalue weighted by Crippen LogP contribution is -2.30. The van der Waals surface area contributed by atoms with Gasteiger partial charge in [-0.1, -0.05) is 0 Å². The van der Waals surface area contributed by atoms with Crippen molar-refractivity contribution in [3.8, 4) is 0 Å². The van der Waals surface area contributed by atoms with Gasteiger partial charge in [0.05, 0.1) is 16.6 Å². The largest absolute Gasteiger partial charge is 0.356 e. The Labute approximate surface area is 139 Å². The van der Waals surface area contributed by atoms with Crippen LogP contribution in [0.2, 0.25) is 0 Å². The lowest BCUT2D eigenvalue weighted by molar-refractivity contribution is 0.574. The fourth-order valence-electron chi connectivity index (χ4n) is 3.37. The SMILES string of the molecule is CCn1c(=O)[nH]c2cc3c(N4CCCCC4)ncnc3cc21.Cl. The summed E-state index contributed by atoms with van der Waals surface area (Å²) in [6.07, 6.45) is 5.32. The molecule has 4 rings (SSSR count). The number of aromatic nitrogens is 4. The Morgan fingerprint density at radius 1 is 1.17 bits per heavy atom. The zero-order valence-corrected chi connectivity index (χ0v) is 13.9. The van der Waals surface area contributed by atoms with Gasteiger partial charge in [-0.3, -0.25) is 4.57 Å². The molecule has 0 radical (unpaired) electrons. The lowest BCUT2D eigenvalue weighted by Gasteiger charge is -2.28. The second kappa shape index (κ2) is 6.20. The molecule has 0 saturated carbocycles. The number of benzene rings is 1. The summed E-state index contributed by atoms with van der Waals surface area (Å²) in [6, 6.07) is 4.00. The summed E-state index contributed by atoms with van der Waals surface area (Å²) in [5.74, 6) is 0.983. The molecule has 1 aliphatic heterocycles. The van der Waals surface area contributed by atoms with Gasteiger partial charge in [-0.2, -0.15) is 0 Å². The molecule has 0 unspecified atom stereocenters. The zero-order chi connectivity index (χ0) is 15.1. The maximum absolute atomic E-state index is 12.0. The van der Waals surface area contributed by atoms with Gasteiger partial charge in [0.1, 0.15) is 12.1 Å². The van der Waals surface area contributed by atoms with Crippen LogP contribution in [0.3, 0.4) is 0 Å². The second-order valence-electron chi connectivity index (χ2n) is 5.81. The van der Waals surface area contributed by atoms with Crippen LogP contribution in [-0.4, -0.2) is 32.6 Å². The molecule has 0 aliphatic carbocycles. The Morgan fingerprint density at radius 3 is 2.70 bits per heavy atom. The molecule has 0 amide bonds. The summed E-state index contributed by atoms with van der Waals surface area (Å²) < 4.78 is 1.73. The van der Waals surface area contributed by atoms with Crippen molar-refractivity contribution >= 4 is 40.2 Å². The van der Waals surface area contributed by atoms with E-state index in [1.165, 1.54) is 19.3 Å². The zero-order valence-electron chi connectivity index (χ0n) is 13.1. The standard InChI is InChI=1S/C16H19N5O.ClH/c1-2-21-14-9-12-11(8-13(14)19-16(21)22)15(18-10-17-12)20-6-4-3-5-7-20;/h8-10H,2-7H2,1H3,(H,19,22);1H. The Bertz CT molecular complexity index is 894. The predicted octanol–water partition coefficient (Wildman–Crippen LogP) is 2.70. The normalized spacial score (nSPS) is 15.1. The van der Waals surface area contributed by atoms with Crippen molar-refractivity contribution in [3.63, 3.8) is 0 Å². The van der Waals surface area contributed by atoms with E-state index in [0.717, 1.165) is 40.8 Å². The number of H-pyrrole nitrogens is 1. The number of rotatable bonds is 2. The van der Waals surface area contributed by atoms with E-state index in [1.54, 1.807) is 10.9 Å². The van der Waals surface area contributed by atoms with Crippen LogP contribution >= 0.6 is 12.4 Å². The fourth-order valence-corrected chi connectivity index (χ4v) is 3.37. The summed E-state index contributed by atoms with van der Waals surface area (Å²) in [4.78, 5) is 26.2. The van der Waals surface area contributed by atoms with Crippen molar-refractivity contribution in [2.45, 2.75) is 32.7 Å². The molecule has 0 spiro atoms. The molecular formula is C16H20ClN5O. The van der Waals surface area contributed by atoms with E-state index in [4.69, 9.17) is 0 Å². The number of aromatic amines is 1. The first-order valence-electron chi connectivity index (χ1n) is 7.90. The summed E-state index contributed by atoms with van der Waals surface area (Å²) in [6.45, 7) is 4.69. The average molecular weight is 334 g/mol. The van der Waals surface area contributed by atoms with E-state index in [2.05, 4.69) is 19.9 Å². The number of imidazole rings is 1. The van der Waals surface area contributed by atoms with Crippen LogP contribution in [-0.2, 0) is 6.54 Å². The summed E-state index contributed by atoms with van der Waals surface area (Å²) >= 11 is 0. The molecule has 1 N–H and O–H groups in total. The number of hydrogen-bond donors (Lipinski definition) is 1. The lowest BCUT2D eigenvalue weighted by atomic mass is 10.1. The first-order chi connectivity index (χ1) is 10.8. The van der Waals surface area contributed by atoms with Crippen molar-refractivity contribution in [2.75, 3.05) is 18.0 Å². The fraction of sp³-hybridized carbons (Fsp3) is 0.438. The molecule has 23 heavy (non-hydrogen) atoms. The maximum atomic E-state index is 12.0. The number of anilines is 1. The number of aryl methyl sites for hydroxylation is 1. The summed E-state index contributed by atoms with van der Waals surface area (Å²) in [5, 5.41) is 1.02. The Balaban J connectivity index is 0.00000156. The summed E-state index contributed by atoms with van der Waals surface area (Å²) in [5.41, 5.74) is 2.58. The molecule has 0 bridgehead atoms. The number of nitrogens with one attached hydrogen (secondary N) is 1. The third-order valence-electron chi connectivity index (χ3n) is 4.48. The van der Waals surface area contributed by atoms with Crippen molar-refractivity contribution in [1.29, 1.82) is 0 Å². The molecule has 3 heterocycles. The van der Waals surface area contributed by atoms with Gasteiger partial charge in [-0.25, -0.2) is 14.8 Å². The number of piperidine rings is 1. The monoisotopic (exact) mass is 333 g/mol. The van der Waals surface area contributed by atoms with Crippen molar-refractivity contribution in [1.82, 2.24) is 19.5 Å². The highest BCUT2D eigenvalue weighted by molar-refractivity contribution is 5.98. The molecule has 1 saturated heterocycles. The molecule has 2 aromatic heterocycles. The van der Waals surface area contributed by atoms with Gasteiger partial charge >= 0.3 is 5.69 Å². The highest BCUT2D eigenvalue weighted by Gasteiger charge is 2.17. The van der Waals surface area contributed by atoms with Crippen molar-refractivity contribution in [3.05, 3.63) is 28.9 Å². The van der Waals surface area contributed by atoms with Crippen LogP contribution in [0, 0.1) is 0 Å². The summed E-state index contributed by atoms with van der Waals surface area (Å²) in [7, 11) is 0. The van der Waals surface area contributed by atoms with Crippen LogP contribution in [0.1, 0.15) is 26.2 Å². The van der Waals surface area contributed by atoms with Crippen molar-refractivity contribution in [2.24, 2.45) is 0 Å². The van der Waals surface area contributed by atoms with Gasteiger partial charge in [0.2, 0.25) is 0 Å². The van der Waals surface area contributed by atoms with Crippen LogP contribution in [0.25, 0.3) is 21.9 Å². The molecule has 3 aromatic rings. The molecule has 6 nitrogen and oxygen atoms in total. The molecule has 1 aromatic carbocycles. The molecule has 122 valence electrons. The van der Waals surface area contributed by atoms with Crippen LogP contribution in [0.4, 0.5) is 5.82 Å². The molecule has 1 fully saturated rings. The van der Waals surface area contributed by atoms with Gasteiger partial charge in [0, 0.05) is 25.0 Å². The maximum Gasteiger partial charge on any atom is 0.326 e. The Morgan fingerprint density at radius 2 is 1.96 bits per heavy atom. The Kier molecular flexibility index (Phi) is 4.26. The molecule has 7 heteroatoms. The molecule has 0 atom stereocenters. The minimum Gasteiger partial charge on any atom is -0.356 e. The highest BCUT2D eigenvalue weighted by atomic mass is 35.5.